The third-order valence-corrected chi connectivity index (χ3v) is 15.2. The maximum absolute atomic E-state index is 12.9. The number of hydrogen-bond acceptors (Lipinski definition) is 2. The van der Waals surface area contributed by atoms with E-state index in [0.29, 0.717) is 35.1 Å². The highest BCUT2D eigenvalue weighted by molar-refractivity contribution is 6.74. The zero-order valence-electron chi connectivity index (χ0n) is 22.1. The summed E-state index contributed by atoms with van der Waals surface area (Å²) in [4.78, 5) is 12.9. The van der Waals surface area contributed by atoms with Gasteiger partial charge in [0, 0.05) is 18.4 Å². The van der Waals surface area contributed by atoms with Gasteiger partial charge < -0.3 is 4.43 Å². The quantitative estimate of drug-likeness (QED) is 0.389. The van der Waals surface area contributed by atoms with Crippen molar-refractivity contribution in [2.24, 2.45) is 28.6 Å². The predicted molar refractivity (Wildman–Crippen MR) is 137 cm³/mol. The van der Waals surface area contributed by atoms with Crippen LogP contribution in [0.1, 0.15) is 99.3 Å². The van der Waals surface area contributed by atoms with Crippen molar-refractivity contribution >= 4 is 14.1 Å². The summed E-state index contributed by atoms with van der Waals surface area (Å²) in [5.74, 6) is 2.12. The standard InChI is InChI=1S/C29H48O2Si/c1-9-10-26(30)25-14-13-23-22-12-11-20-19-21(31-32(7,8)27(2,3)4)15-17-28(20,5)24(22)16-18-29(23,25)6/h11-12,21,23-25H,9-10,13-19H2,1-8H3/t21-,23-,24-,25+,28-,29-/m0/s1. The molecule has 3 heteroatoms. The fourth-order valence-corrected chi connectivity index (χ4v) is 9.00. The monoisotopic (exact) mass is 456 g/mol. The molecule has 0 aromatic carbocycles. The van der Waals surface area contributed by atoms with Gasteiger partial charge in [-0.25, -0.2) is 0 Å². The Balaban J connectivity index is 1.56. The lowest BCUT2D eigenvalue weighted by Gasteiger charge is -2.55. The fourth-order valence-electron chi connectivity index (χ4n) is 7.61. The first-order chi connectivity index (χ1) is 14.8. The van der Waals surface area contributed by atoms with Gasteiger partial charge in [-0.3, -0.25) is 4.79 Å². The summed E-state index contributed by atoms with van der Waals surface area (Å²) in [6, 6.07) is 0. The Morgan fingerprint density at radius 3 is 2.44 bits per heavy atom. The zero-order chi connectivity index (χ0) is 23.5. The summed E-state index contributed by atoms with van der Waals surface area (Å²) >= 11 is 0. The van der Waals surface area contributed by atoms with Crippen LogP contribution in [0.4, 0.5) is 0 Å². The van der Waals surface area contributed by atoms with E-state index >= 15 is 0 Å². The number of hydrogen-bond donors (Lipinski definition) is 0. The largest absolute Gasteiger partial charge is 0.414 e. The molecule has 0 heterocycles. The molecule has 0 aromatic rings. The molecule has 0 amide bonds. The number of allylic oxidation sites excluding steroid dienone is 3. The normalized spacial score (nSPS) is 39.5. The number of carbonyl (C=O) groups is 1. The Bertz CT molecular complexity index is 816. The Kier molecular flexibility index (Phi) is 6.28. The van der Waals surface area contributed by atoms with E-state index in [1.807, 2.05) is 0 Å². The van der Waals surface area contributed by atoms with Crippen LogP contribution in [0.15, 0.2) is 23.3 Å². The summed E-state index contributed by atoms with van der Waals surface area (Å²) in [6.07, 6.45) is 15.5. The minimum Gasteiger partial charge on any atom is -0.414 e. The van der Waals surface area contributed by atoms with Crippen molar-refractivity contribution in [3.63, 3.8) is 0 Å². The van der Waals surface area contributed by atoms with Gasteiger partial charge in [-0.15, -0.1) is 0 Å². The topological polar surface area (TPSA) is 26.3 Å². The summed E-state index contributed by atoms with van der Waals surface area (Å²) < 4.78 is 6.86. The molecule has 0 aliphatic heterocycles. The molecule has 3 saturated carbocycles. The summed E-state index contributed by atoms with van der Waals surface area (Å²) in [6.45, 7) is 19.0. The third kappa shape index (κ3) is 3.84. The number of ketones is 1. The van der Waals surface area contributed by atoms with Crippen LogP contribution in [0.2, 0.25) is 18.1 Å². The minimum absolute atomic E-state index is 0.193. The van der Waals surface area contributed by atoms with Crippen LogP contribution in [-0.2, 0) is 9.22 Å². The first kappa shape index (κ1) is 24.5. The Morgan fingerprint density at radius 1 is 1.06 bits per heavy atom. The van der Waals surface area contributed by atoms with Crippen LogP contribution in [0.3, 0.4) is 0 Å². The molecule has 4 aliphatic carbocycles. The van der Waals surface area contributed by atoms with Crippen LogP contribution in [0.25, 0.3) is 0 Å². The van der Waals surface area contributed by atoms with Gasteiger partial charge in [-0.05, 0) is 92.2 Å². The van der Waals surface area contributed by atoms with E-state index < -0.39 is 8.32 Å². The molecule has 0 unspecified atom stereocenters. The van der Waals surface area contributed by atoms with Crippen molar-refractivity contribution in [1.82, 2.24) is 0 Å². The van der Waals surface area contributed by atoms with Gasteiger partial charge in [0.05, 0.1) is 0 Å². The molecule has 0 saturated heterocycles. The average molecular weight is 457 g/mol. The molecule has 32 heavy (non-hydrogen) atoms. The molecule has 2 nitrogen and oxygen atoms in total. The first-order valence-electron chi connectivity index (χ1n) is 13.4. The minimum atomic E-state index is -1.74. The maximum atomic E-state index is 12.9. The molecule has 4 aliphatic rings. The van der Waals surface area contributed by atoms with Gasteiger partial charge in [0.1, 0.15) is 5.78 Å². The highest BCUT2D eigenvalue weighted by Gasteiger charge is 2.57. The second-order valence-electron chi connectivity index (χ2n) is 13.5. The van der Waals surface area contributed by atoms with Crippen LogP contribution >= 0.6 is 0 Å². The molecule has 3 fully saturated rings. The molecular weight excluding hydrogens is 408 g/mol. The van der Waals surface area contributed by atoms with Gasteiger partial charge in [0.2, 0.25) is 0 Å². The van der Waals surface area contributed by atoms with Crippen molar-refractivity contribution in [3.05, 3.63) is 23.3 Å². The fraction of sp³-hybridized carbons (Fsp3) is 0.828. The van der Waals surface area contributed by atoms with Crippen molar-refractivity contribution in [2.45, 2.75) is 124 Å². The molecule has 0 spiro atoms. The van der Waals surface area contributed by atoms with Gasteiger partial charge in [0.15, 0.2) is 8.32 Å². The smallest absolute Gasteiger partial charge is 0.192 e. The van der Waals surface area contributed by atoms with Crippen LogP contribution in [0.5, 0.6) is 0 Å². The number of Topliss-reactive ketones (excluding diaryl/α,β-unsaturated/α-hetero) is 1. The summed E-state index contributed by atoms with van der Waals surface area (Å²) in [5.41, 5.74) is 3.82. The van der Waals surface area contributed by atoms with Crippen molar-refractivity contribution in [3.8, 4) is 0 Å². The van der Waals surface area contributed by atoms with Gasteiger partial charge in [-0.2, -0.15) is 0 Å². The highest BCUT2D eigenvalue weighted by atomic mass is 28.4. The van der Waals surface area contributed by atoms with E-state index in [9.17, 15) is 4.79 Å². The Morgan fingerprint density at radius 2 is 1.78 bits per heavy atom. The van der Waals surface area contributed by atoms with E-state index in [1.165, 1.54) is 32.1 Å². The highest BCUT2D eigenvalue weighted by Crippen LogP contribution is 2.65. The third-order valence-electron chi connectivity index (χ3n) is 10.7. The van der Waals surface area contributed by atoms with Crippen LogP contribution in [-0.4, -0.2) is 20.2 Å². The van der Waals surface area contributed by atoms with E-state index in [-0.39, 0.29) is 10.5 Å². The molecule has 6 atom stereocenters. The first-order valence-corrected chi connectivity index (χ1v) is 16.4. The lowest BCUT2D eigenvalue weighted by Crippen LogP contribution is -2.49. The second kappa shape index (κ2) is 8.22. The zero-order valence-corrected chi connectivity index (χ0v) is 23.1. The summed E-state index contributed by atoms with van der Waals surface area (Å²) in [5, 5.41) is 0.268. The van der Waals surface area contributed by atoms with Crippen molar-refractivity contribution in [2.75, 3.05) is 0 Å². The SMILES string of the molecule is CCCC(=O)[C@H]1CC[C@H]2C3=CC=C4C[C@@H](O[Si](C)(C)C(C)(C)C)CC[C@]4(C)[C@H]3CC[C@]12C. The average Bonchev–Trinajstić information content (AvgIpc) is 3.04. The van der Waals surface area contributed by atoms with Crippen molar-refractivity contribution < 1.29 is 9.22 Å². The molecular formula is C29H48O2Si. The maximum Gasteiger partial charge on any atom is 0.192 e. The van der Waals surface area contributed by atoms with E-state index in [1.54, 1.807) is 11.1 Å². The molecule has 0 aromatic heterocycles. The van der Waals surface area contributed by atoms with Crippen LogP contribution < -0.4 is 0 Å². The predicted octanol–water partition coefficient (Wildman–Crippen LogP) is 8.25. The van der Waals surface area contributed by atoms with E-state index in [0.717, 1.165) is 25.7 Å². The van der Waals surface area contributed by atoms with E-state index in [4.69, 9.17) is 4.43 Å². The van der Waals surface area contributed by atoms with Gasteiger partial charge in [-0.1, -0.05) is 64.8 Å². The molecule has 0 bridgehead atoms. The Labute approximate surface area is 198 Å². The molecule has 180 valence electrons. The number of carbonyl (C=O) groups excluding carboxylic acids is 1. The molecule has 0 radical (unpaired) electrons. The van der Waals surface area contributed by atoms with Gasteiger partial charge >= 0.3 is 0 Å². The second-order valence-corrected chi connectivity index (χ2v) is 18.3. The van der Waals surface area contributed by atoms with E-state index in [2.05, 4.69) is 66.8 Å². The Hall–Kier alpha value is -0.673. The molecule has 0 N–H and O–H groups in total. The summed E-state index contributed by atoms with van der Waals surface area (Å²) in [7, 11) is -1.74. The number of fused-ring (bicyclic) bond motifs is 5. The molecule has 4 rings (SSSR count). The lowest BCUT2D eigenvalue weighted by molar-refractivity contribution is -0.127. The lowest BCUT2D eigenvalue weighted by atomic mass is 9.50. The van der Waals surface area contributed by atoms with Crippen LogP contribution in [0, 0.1) is 28.6 Å². The van der Waals surface area contributed by atoms with Crippen molar-refractivity contribution in [1.29, 1.82) is 0 Å². The van der Waals surface area contributed by atoms with Gasteiger partial charge in [0.25, 0.3) is 0 Å². The number of rotatable bonds is 5.